The minimum Gasteiger partial charge on any atom is -0.497 e. The van der Waals surface area contributed by atoms with Gasteiger partial charge >= 0.3 is 0 Å². The van der Waals surface area contributed by atoms with Crippen molar-refractivity contribution in [2.45, 2.75) is 25.4 Å². The molecule has 3 heteroatoms. The summed E-state index contributed by atoms with van der Waals surface area (Å²) in [6, 6.07) is 9.04. The quantitative estimate of drug-likeness (QED) is 0.844. The second kappa shape index (κ2) is 4.85. The Labute approximate surface area is 97.2 Å². The lowest BCUT2D eigenvalue weighted by atomic mass is 10.1. The first-order valence-corrected chi connectivity index (χ1v) is 5.84. The number of hydrogen-bond acceptors (Lipinski definition) is 3. The molecule has 0 amide bonds. The monoisotopic (exact) mass is 220 g/mol. The van der Waals surface area contributed by atoms with E-state index < -0.39 is 0 Å². The summed E-state index contributed by atoms with van der Waals surface area (Å²) < 4.78 is 5.25. The highest BCUT2D eigenvalue weighted by atomic mass is 16.5. The first kappa shape index (κ1) is 11.4. The molecule has 0 saturated carbocycles. The van der Waals surface area contributed by atoms with E-state index in [0.29, 0.717) is 12.1 Å². The van der Waals surface area contributed by atoms with E-state index in [1.807, 2.05) is 12.1 Å². The molecule has 1 heterocycles. The summed E-state index contributed by atoms with van der Waals surface area (Å²) in [6.45, 7) is 4.32. The van der Waals surface area contributed by atoms with Crippen LogP contribution in [-0.2, 0) is 0 Å². The fraction of sp³-hybridized carbons (Fsp3) is 0.538. The van der Waals surface area contributed by atoms with E-state index in [1.54, 1.807) is 7.11 Å². The highest BCUT2D eigenvalue weighted by Gasteiger charge is 2.24. The van der Waals surface area contributed by atoms with Crippen LogP contribution in [0.15, 0.2) is 24.3 Å². The number of methoxy groups -OCH3 is 1. The zero-order valence-corrected chi connectivity index (χ0v) is 10.0. The third kappa shape index (κ3) is 2.36. The molecule has 1 aromatic rings. The molecule has 1 aliphatic heterocycles. The van der Waals surface area contributed by atoms with Crippen molar-refractivity contribution in [2.75, 3.05) is 20.2 Å². The zero-order chi connectivity index (χ0) is 11.5. The van der Waals surface area contributed by atoms with Crippen molar-refractivity contribution in [3.8, 4) is 5.75 Å². The standard InChI is InChI=1S/C13H20N2O/c1-10(15-7-6-12(14)9-15)11-4-3-5-13(8-11)16-2/h3-5,8,10,12H,6-7,9,14H2,1-2H3. The molecule has 0 radical (unpaired) electrons. The summed E-state index contributed by atoms with van der Waals surface area (Å²) in [7, 11) is 1.70. The maximum atomic E-state index is 5.93. The van der Waals surface area contributed by atoms with Crippen LogP contribution in [0.2, 0.25) is 0 Å². The normalized spacial score (nSPS) is 23.3. The van der Waals surface area contributed by atoms with E-state index in [4.69, 9.17) is 10.5 Å². The fourth-order valence-corrected chi connectivity index (χ4v) is 2.28. The van der Waals surface area contributed by atoms with Crippen molar-refractivity contribution in [3.05, 3.63) is 29.8 Å². The van der Waals surface area contributed by atoms with Crippen LogP contribution < -0.4 is 10.5 Å². The Kier molecular flexibility index (Phi) is 3.46. The molecule has 1 fully saturated rings. The molecular formula is C13H20N2O. The minimum atomic E-state index is 0.341. The topological polar surface area (TPSA) is 38.5 Å². The molecule has 88 valence electrons. The average molecular weight is 220 g/mol. The smallest absolute Gasteiger partial charge is 0.119 e. The molecule has 2 unspecified atom stereocenters. The van der Waals surface area contributed by atoms with Crippen molar-refractivity contribution in [3.63, 3.8) is 0 Å². The molecule has 1 aromatic carbocycles. The third-order valence-electron chi connectivity index (χ3n) is 3.38. The Morgan fingerprint density at radius 2 is 2.31 bits per heavy atom. The van der Waals surface area contributed by atoms with Crippen molar-refractivity contribution < 1.29 is 4.74 Å². The largest absolute Gasteiger partial charge is 0.497 e. The number of likely N-dealkylation sites (tertiary alicyclic amines) is 1. The molecule has 0 bridgehead atoms. The number of nitrogens with zero attached hydrogens (tertiary/aromatic N) is 1. The molecule has 0 aliphatic carbocycles. The van der Waals surface area contributed by atoms with Crippen molar-refractivity contribution in [2.24, 2.45) is 5.73 Å². The molecule has 0 aromatic heterocycles. The van der Waals surface area contributed by atoms with Gasteiger partial charge < -0.3 is 10.5 Å². The van der Waals surface area contributed by atoms with E-state index in [1.165, 1.54) is 5.56 Å². The van der Waals surface area contributed by atoms with Gasteiger partial charge in [-0.3, -0.25) is 4.90 Å². The van der Waals surface area contributed by atoms with E-state index in [0.717, 1.165) is 25.3 Å². The lowest BCUT2D eigenvalue weighted by Crippen LogP contribution is -2.28. The van der Waals surface area contributed by atoms with Crippen LogP contribution >= 0.6 is 0 Å². The maximum absolute atomic E-state index is 5.93. The van der Waals surface area contributed by atoms with Gasteiger partial charge in [0.15, 0.2) is 0 Å². The van der Waals surface area contributed by atoms with Crippen molar-refractivity contribution in [1.82, 2.24) is 4.90 Å². The summed E-state index contributed by atoms with van der Waals surface area (Å²) >= 11 is 0. The second-order valence-corrected chi connectivity index (χ2v) is 4.50. The van der Waals surface area contributed by atoms with E-state index in [2.05, 4.69) is 24.0 Å². The minimum absolute atomic E-state index is 0.341. The highest BCUT2D eigenvalue weighted by Crippen LogP contribution is 2.26. The first-order chi connectivity index (χ1) is 7.70. The van der Waals surface area contributed by atoms with Gasteiger partial charge in [0, 0.05) is 25.2 Å². The van der Waals surface area contributed by atoms with Gasteiger partial charge in [-0.05, 0) is 31.0 Å². The van der Waals surface area contributed by atoms with Gasteiger partial charge in [-0.2, -0.15) is 0 Å². The highest BCUT2D eigenvalue weighted by molar-refractivity contribution is 5.30. The van der Waals surface area contributed by atoms with Crippen LogP contribution in [0.3, 0.4) is 0 Å². The molecule has 2 N–H and O–H groups in total. The van der Waals surface area contributed by atoms with E-state index >= 15 is 0 Å². The number of nitrogens with two attached hydrogens (primary N) is 1. The van der Waals surface area contributed by atoms with Gasteiger partial charge in [-0.25, -0.2) is 0 Å². The van der Waals surface area contributed by atoms with E-state index in [-0.39, 0.29) is 0 Å². The van der Waals surface area contributed by atoms with Gasteiger partial charge in [0.1, 0.15) is 5.75 Å². The summed E-state index contributed by atoms with van der Waals surface area (Å²) in [6.07, 6.45) is 1.11. The summed E-state index contributed by atoms with van der Waals surface area (Å²) in [5.74, 6) is 0.924. The van der Waals surface area contributed by atoms with Crippen LogP contribution in [-0.4, -0.2) is 31.1 Å². The first-order valence-electron chi connectivity index (χ1n) is 5.84. The molecule has 1 saturated heterocycles. The SMILES string of the molecule is COc1cccc(C(C)N2CCC(N)C2)c1. The summed E-state index contributed by atoms with van der Waals surface area (Å²) in [5.41, 5.74) is 7.23. The van der Waals surface area contributed by atoms with Crippen molar-refractivity contribution in [1.29, 1.82) is 0 Å². The Morgan fingerprint density at radius 3 is 2.94 bits per heavy atom. The van der Waals surface area contributed by atoms with E-state index in [9.17, 15) is 0 Å². The molecule has 2 rings (SSSR count). The Morgan fingerprint density at radius 1 is 1.50 bits per heavy atom. The lowest BCUT2D eigenvalue weighted by Gasteiger charge is -2.24. The Hall–Kier alpha value is -1.06. The molecular weight excluding hydrogens is 200 g/mol. The van der Waals surface area contributed by atoms with Crippen LogP contribution in [0.4, 0.5) is 0 Å². The van der Waals surface area contributed by atoms with Gasteiger partial charge in [-0.1, -0.05) is 12.1 Å². The average Bonchev–Trinajstić information content (AvgIpc) is 2.75. The molecule has 2 atom stereocenters. The predicted molar refractivity (Wildman–Crippen MR) is 65.6 cm³/mol. The van der Waals surface area contributed by atoms with Gasteiger partial charge in [0.2, 0.25) is 0 Å². The van der Waals surface area contributed by atoms with Gasteiger partial charge in [0.25, 0.3) is 0 Å². The van der Waals surface area contributed by atoms with Crippen molar-refractivity contribution >= 4 is 0 Å². The van der Waals surface area contributed by atoms with Crippen LogP contribution in [0, 0.1) is 0 Å². The molecule has 1 aliphatic rings. The fourth-order valence-electron chi connectivity index (χ4n) is 2.28. The third-order valence-corrected chi connectivity index (χ3v) is 3.38. The number of ether oxygens (including phenoxy) is 1. The summed E-state index contributed by atoms with van der Waals surface area (Å²) in [4.78, 5) is 2.43. The Bertz CT molecular complexity index is 354. The second-order valence-electron chi connectivity index (χ2n) is 4.50. The molecule has 16 heavy (non-hydrogen) atoms. The predicted octanol–water partition coefficient (Wildman–Crippen LogP) is 1.79. The van der Waals surface area contributed by atoms with Crippen LogP contribution in [0.1, 0.15) is 24.9 Å². The maximum Gasteiger partial charge on any atom is 0.119 e. The molecule has 0 spiro atoms. The lowest BCUT2D eigenvalue weighted by molar-refractivity contribution is 0.259. The Balaban J connectivity index is 2.10. The number of benzene rings is 1. The van der Waals surface area contributed by atoms with Crippen LogP contribution in [0.25, 0.3) is 0 Å². The number of rotatable bonds is 3. The zero-order valence-electron chi connectivity index (χ0n) is 10.0. The van der Waals surface area contributed by atoms with Gasteiger partial charge in [-0.15, -0.1) is 0 Å². The summed E-state index contributed by atoms with van der Waals surface area (Å²) in [5, 5.41) is 0. The van der Waals surface area contributed by atoms with Crippen LogP contribution in [0.5, 0.6) is 5.75 Å². The molecule has 3 nitrogen and oxygen atoms in total. The van der Waals surface area contributed by atoms with Gasteiger partial charge in [0.05, 0.1) is 7.11 Å². The number of hydrogen-bond donors (Lipinski definition) is 1.